The fraction of sp³-hybridized carbons (Fsp3) is 0.167. The van der Waals surface area contributed by atoms with Crippen LogP contribution in [-0.2, 0) is 16.4 Å². The zero-order chi connectivity index (χ0) is 13.9. The van der Waals surface area contributed by atoms with Gasteiger partial charge in [0.15, 0.2) is 9.84 Å². The van der Waals surface area contributed by atoms with Crippen LogP contribution in [0.25, 0.3) is 0 Å². The van der Waals surface area contributed by atoms with Gasteiger partial charge in [-0.15, -0.1) is 0 Å². The molecule has 0 saturated carbocycles. The summed E-state index contributed by atoms with van der Waals surface area (Å²) in [5.41, 5.74) is 0.806. The summed E-state index contributed by atoms with van der Waals surface area (Å²) in [4.78, 5) is 7.82. The van der Waals surface area contributed by atoms with Crippen molar-refractivity contribution in [2.24, 2.45) is 0 Å². The Labute approximate surface area is 110 Å². The van der Waals surface area contributed by atoms with Crippen LogP contribution in [0.1, 0.15) is 5.69 Å². The molecule has 0 unspecified atom stereocenters. The summed E-state index contributed by atoms with van der Waals surface area (Å²) in [6.45, 7) is 0.284. The quantitative estimate of drug-likeness (QED) is 0.862. The first kappa shape index (κ1) is 13.4. The second-order valence-electron chi connectivity index (χ2n) is 3.97. The molecule has 7 heteroatoms. The van der Waals surface area contributed by atoms with Gasteiger partial charge in [-0.05, 0) is 24.3 Å². The van der Waals surface area contributed by atoms with Crippen LogP contribution in [0.4, 0.5) is 10.1 Å². The molecule has 0 spiro atoms. The molecule has 5 nitrogen and oxygen atoms in total. The van der Waals surface area contributed by atoms with E-state index in [0.717, 1.165) is 12.3 Å². The molecule has 100 valence electrons. The third-order valence-electron chi connectivity index (χ3n) is 2.47. The molecule has 19 heavy (non-hydrogen) atoms. The van der Waals surface area contributed by atoms with Gasteiger partial charge >= 0.3 is 0 Å². The number of nitrogens with one attached hydrogen (secondary N) is 1. The van der Waals surface area contributed by atoms with E-state index >= 15 is 0 Å². The molecule has 0 amide bonds. The summed E-state index contributed by atoms with van der Waals surface area (Å²) in [5, 5.41) is 2.81. The SMILES string of the molecule is CS(=O)(=O)c1ccc(F)c(NCc2ccncn2)c1. The third kappa shape index (κ3) is 3.47. The first-order valence-corrected chi connectivity index (χ1v) is 7.34. The van der Waals surface area contributed by atoms with E-state index in [1.165, 1.54) is 18.5 Å². The predicted octanol–water partition coefficient (Wildman–Crippen LogP) is 1.63. The van der Waals surface area contributed by atoms with Crippen molar-refractivity contribution in [3.63, 3.8) is 0 Å². The lowest BCUT2D eigenvalue weighted by molar-refractivity contribution is 0.600. The van der Waals surface area contributed by atoms with Gasteiger partial charge < -0.3 is 5.32 Å². The van der Waals surface area contributed by atoms with Crippen LogP contribution in [0.15, 0.2) is 41.7 Å². The number of benzene rings is 1. The molecule has 0 atom stereocenters. The molecule has 0 aliphatic carbocycles. The second-order valence-corrected chi connectivity index (χ2v) is 5.98. The van der Waals surface area contributed by atoms with Crippen LogP contribution in [0.3, 0.4) is 0 Å². The minimum Gasteiger partial charge on any atom is -0.377 e. The fourth-order valence-electron chi connectivity index (χ4n) is 1.48. The molecule has 1 heterocycles. The number of nitrogens with zero attached hydrogens (tertiary/aromatic N) is 2. The highest BCUT2D eigenvalue weighted by Gasteiger charge is 2.11. The summed E-state index contributed by atoms with van der Waals surface area (Å²) >= 11 is 0. The van der Waals surface area contributed by atoms with E-state index < -0.39 is 15.7 Å². The molecule has 2 aromatic rings. The van der Waals surface area contributed by atoms with Crippen molar-refractivity contribution >= 4 is 15.5 Å². The highest BCUT2D eigenvalue weighted by Crippen LogP contribution is 2.20. The molecular formula is C12H12FN3O2S. The maximum atomic E-state index is 13.6. The molecular weight excluding hydrogens is 269 g/mol. The molecule has 0 radical (unpaired) electrons. The number of anilines is 1. The molecule has 1 N–H and O–H groups in total. The Bertz CT molecular complexity index is 675. The minimum absolute atomic E-state index is 0.0686. The van der Waals surface area contributed by atoms with E-state index in [-0.39, 0.29) is 17.1 Å². The smallest absolute Gasteiger partial charge is 0.175 e. The Morgan fingerprint density at radius 1 is 1.32 bits per heavy atom. The average molecular weight is 281 g/mol. The van der Waals surface area contributed by atoms with Crippen LogP contribution >= 0.6 is 0 Å². The molecule has 0 aliphatic heterocycles. The lowest BCUT2D eigenvalue weighted by Crippen LogP contribution is -2.05. The highest BCUT2D eigenvalue weighted by atomic mass is 32.2. The monoisotopic (exact) mass is 281 g/mol. The van der Waals surface area contributed by atoms with Crippen LogP contribution < -0.4 is 5.32 Å². The normalized spacial score (nSPS) is 11.3. The molecule has 2 rings (SSSR count). The summed E-state index contributed by atoms with van der Waals surface area (Å²) in [7, 11) is -3.36. The summed E-state index contributed by atoms with van der Waals surface area (Å²) < 4.78 is 36.4. The standard InChI is InChI=1S/C12H12FN3O2S/c1-19(17,18)10-2-3-11(13)12(6-10)15-7-9-4-5-14-8-16-9/h2-6,8,15H,7H2,1H3. The zero-order valence-corrected chi connectivity index (χ0v) is 11.0. The van der Waals surface area contributed by atoms with Gasteiger partial charge in [-0.1, -0.05) is 0 Å². The first-order chi connectivity index (χ1) is 8.97. The average Bonchev–Trinajstić information content (AvgIpc) is 2.37. The molecule has 0 bridgehead atoms. The van der Waals surface area contributed by atoms with Gasteiger partial charge in [-0.25, -0.2) is 22.8 Å². The minimum atomic E-state index is -3.36. The summed E-state index contributed by atoms with van der Waals surface area (Å²) in [5.74, 6) is -0.513. The lowest BCUT2D eigenvalue weighted by Gasteiger charge is -2.08. The maximum absolute atomic E-state index is 13.6. The Morgan fingerprint density at radius 3 is 2.74 bits per heavy atom. The Morgan fingerprint density at radius 2 is 2.11 bits per heavy atom. The predicted molar refractivity (Wildman–Crippen MR) is 68.9 cm³/mol. The van der Waals surface area contributed by atoms with Crippen molar-refractivity contribution in [2.75, 3.05) is 11.6 Å². The number of hydrogen-bond acceptors (Lipinski definition) is 5. The topological polar surface area (TPSA) is 72.0 Å². The number of hydrogen-bond donors (Lipinski definition) is 1. The summed E-state index contributed by atoms with van der Waals surface area (Å²) in [6, 6.07) is 5.32. The molecule has 1 aromatic carbocycles. The van der Waals surface area contributed by atoms with Gasteiger partial charge in [0.05, 0.1) is 22.8 Å². The molecule has 0 saturated heterocycles. The molecule has 0 fully saturated rings. The van der Waals surface area contributed by atoms with Crippen LogP contribution in [-0.4, -0.2) is 24.6 Å². The van der Waals surface area contributed by atoms with Crippen molar-refractivity contribution in [3.8, 4) is 0 Å². The van der Waals surface area contributed by atoms with E-state index in [1.807, 2.05) is 0 Å². The van der Waals surface area contributed by atoms with Crippen molar-refractivity contribution in [1.29, 1.82) is 0 Å². The van der Waals surface area contributed by atoms with Gasteiger partial charge in [0, 0.05) is 12.5 Å². The largest absolute Gasteiger partial charge is 0.377 e. The first-order valence-electron chi connectivity index (χ1n) is 5.45. The highest BCUT2D eigenvalue weighted by molar-refractivity contribution is 7.90. The number of sulfone groups is 1. The second kappa shape index (κ2) is 5.31. The van der Waals surface area contributed by atoms with E-state index in [0.29, 0.717) is 5.69 Å². The fourth-order valence-corrected chi connectivity index (χ4v) is 2.13. The van der Waals surface area contributed by atoms with Gasteiger partial charge in [0.2, 0.25) is 0 Å². The molecule has 1 aromatic heterocycles. The van der Waals surface area contributed by atoms with E-state index in [4.69, 9.17) is 0 Å². The van der Waals surface area contributed by atoms with Crippen molar-refractivity contribution in [2.45, 2.75) is 11.4 Å². The van der Waals surface area contributed by atoms with E-state index in [1.54, 1.807) is 12.3 Å². The van der Waals surface area contributed by atoms with Gasteiger partial charge in [0.25, 0.3) is 0 Å². The van der Waals surface area contributed by atoms with E-state index in [2.05, 4.69) is 15.3 Å². The van der Waals surface area contributed by atoms with Crippen molar-refractivity contribution < 1.29 is 12.8 Å². The van der Waals surface area contributed by atoms with E-state index in [9.17, 15) is 12.8 Å². The van der Waals surface area contributed by atoms with Crippen LogP contribution in [0.2, 0.25) is 0 Å². The number of rotatable bonds is 4. The molecule has 0 aliphatic rings. The zero-order valence-electron chi connectivity index (χ0n) is 10.2. The Hall–Kier alpha value is -2.02. The third-order valence-corrected chi connectivity index (χ3v) is 3.58. The van der Waals surface area contributed by atoms with Gasteiger partial charge in [-0.2, -0.15) is 0 Å². The van der Waals surface area contributed by atoms with Gasteiger partial charge in [-0.3, -0.25) is 0 Å². The van der Waals surface area contributed by atoms with Crippen LogP contribution in [0, 0.1) is 5.82 Å². The maximum Gasteiger partial charge on any atom is 0.175 e. The van der Waals surface area contributed by atoms with Crippen LogP contribution in [0.5, 0.6) is 0 Å². The lowest BCUT2D eigenvalue weighted by atomic mass is 10.3. The van der Waals surface area contributed by atoms with Crippen molar-refractivity contribution in [1.82, 2.24) is 9.97 Å². The Kier molecular flexibility index (Phi) is 3.75. The Balaban J connectivity index is 2.21. The summed E-state index contributed by atoms with van der Waals surface area (Å²) in [6.07, 6.45) is 4.04. The number of aromatic nitrogens is 2. The van der Waals surface area contributed by atoms with Gasteiger partial charge in [0.1, 0.15) is 12.1 Å². The van der Waals surface area contributed by atoms with Crippen molar-refractivity contribution in [3.05, 3.63) is 48.3 Å². The number of halogens is 1.